The van der Waals surface area contributed by atoms with Gasteiger partial charge in [-0.15, -0.1) is 0 Å². The first-order valence-corrected chi connectivity index (χ1v) is 10.9. The number of amides is 3. The summed E-state index contributed by atoms with van der Waals surface area (Å²) in [7, 11) is 0. The summed E-state index contributed by atoms with van der Waals surface area (Å²) >= 11 is 0. The van der Waals surface area contributed by atoms with E-state index in [1.54, 1.807) is 11.1 Å². The van der Waals surface area contributed by atoms with Crippen molar-refractivity contribution in [1.29, 1.82) is 0 Å². The number of hydrogen-bond donors (Lipinski definition) is 3. The molecule has 0 saturated carbocycles. The van der Waals surface area contributed by atoms with E-state index in [-0.39, 0.29) is 24.3 Å². The smallest absolute Gasteiger partial charge is 0.255 e. The van der Waals surface area contributed by atoms with Crippen LogP contribution in [0.25, 0.3) is 0 Å². The fourth-order valence-electron chi connectivity index (χ4n) is 4.41. The summed E-state index contributed by atoms with van der Waals surface area (Å²) in [6.07, 6.45) is 4.37. The molecule has 10 heteroatoms. The molecule has 5 rings (SSSR count). The van der Waals surface area contributed by atoms with Crippen LogP contribution in [0.4, 0.5) is 5.69 Å². The highest BCUT2D eigenvalue weighted by Crippen LogP contribution is 2.28. The van der Waals surface area contributed by atoms with Gasteiger partial charge in [0.1, 0.15) is 6.04 Å². The lowest BCUT2D eigenvalue weighted by molar-refractivity contribution is -0.136. The quantitative estimate of drug-likeness (QED) is 0.579. The van der Waals surface area contributed by atoms with Crippen molar-refractivity contribution in [3.8, 4) is 0 Å². The molecule has 0 bridgehead atoms. The van der Waals surface area contributed by atoms with Gasteiger partial charge in [0.15, 0.2) is 0 Å². The molecule has 3 N–H and O–H groups in total. The fraction of sp³-hybridized carbons (Fsp3) is 0.455. The van der Waals surface area contributed by atoms with Crippen molar-refractivity contribution in [3.05, 3.63) is 47.3 Å². The van der Waals surface area contributed by atoms with Gasteiger partial charge in [-0.2, -0.15) is 5.10 Å². The maximum atomic E-state index is 13.0. The second kappa shape index (κ2) is 8.71. The van der Waals surface area contributed by atoms with E-state index in [1.165, 1.54) is 0 Å². The first kappa shape index (κ1) is 20.7. The minimum atomic E-state index is -0.595. The van der Waals surface area contributed by atoms with Gasteiger partial charge >= 0.3 is 0 Å². The highest BCUT2D eigenvalue weighted by molar-refractivity contribution is 6.05. The summed E-state index contributed by atoms with van der Waals surface area (Å²) in [5, 5.41) is 13.5. The Morgan fingerprint density at radius 3 is 3.03 bits per heavy atom. The molecular formula is C22H26N6O4. The molecule has 168 valence electrons. The summed E-state index contributed by atoms with van der Waals surface area (Å²) in [6.45, 7) is 3.94. The molecule has 0 spiro atoms. The zero-order chi connectivity index (χ0) is 22.1. The van der Waals surface area contributed by atoms with Gasteiger partial charge in [-0.1, -0.05) is 12.1 Å². The number of nitrogens with one attached hydrogen (secondary N) is 3. The van der Waals surface area contributed by atoms with E-state index >= 15 is 0 Å². The molecule has 2 unspecified atom stereocenters. The summed E-state index contributed by atoms with van der Waals surface area (Å²) in [5.41, 5.74) is 3.38. The molecule has 2 saturated heterocycles. The molecule has 2 aromatic rings. The Balaban J connectivity index is 1.22. The third kappa shape index (κ3) is 4.11. The number of carbonyl (C=O) groups is 3. The summed E-state index contributed by atoms with van der Waals surface area (Å²) in [4.78, 5) is 38.1. The van der Waals surface area contributed by atoms with Crippen molar-refractivity contribution in [2.24, 2.45) is 0 Å². The standard InChI is InChI=1S/C22H26N6O4/c29-20-4-3-19(21(30)26-20)27-11-15-2-1-14(7-18(15)22(27)31)8-24-16-9-25-28(12-16)17-10-23-5-6-32-13-17/h1-2,7,9,12,17,19,23-24H,3-6,8,10-11,13H2,(H,26,29,30). The third-order valence-electron chi connectivity index (χ3n) is 6.18. The summed E-state index contributed by atoms with van der Waals surface area (Å²) < 4.78 is 7.50. The second-order valence-corrected chi connectivity index (χ2v) is 8.39. The fourth-order valence-corrected chi connectivity index (χ4v) is 4.41. The molecule has 1 aromatic heterocycles. The molecule has 0 radical (unpaired) electrons. The number of benzene rings is 1. The Kier molecular flexibility index (Phi) is 5.62. The number of hydrogen-bond acceptors (Lipinski definition) is 7. The third-order valence-corrected chi connectivity index (χ3v) is 6.18. The van der Waals surface area contributed by atoms with Gasteiger partial charge < -0.3 is 20.3 Å². The summed E-state index contributed by atoms with van der Waals surface area (Å²) in [6, 6.07) is 5.37. The van der Waals surface area contributed by atoms with Crippen LogP contribution in [-0.2, 0) is 27.4 Å². The van der Waals surface area contributed by atoms with Crippen LogP contribution in [0.15, 0.2) is 30.6 Å². The molecule has 0 aliphatic carbocycles. The van der Waals surface area contributed by atoms with Crippen molar-refractivity contribution in [2.45, 2.75) is 38.0 Å². The molecule has 3 aliphatic rings. The second-order valence-electron chi connectivity index (χ2n) is 8.39. The summed E-state index contributed by atoms with van der Waals surface area (Å²) in [5.74, 6) is -0.837. The Labute approximate surface area is 185 Å². The first-order chi connectivity index (χ1) is 15.6. The molecule has 4 heterocycles. The molecule has 3 aliphatic heterocycles. The number of nitrogens with zero attached hydrogens (tertiary/aromatic N) is 3. The lowest BCUT2D eigenvalue weighted by Gasteiger charge is -2.29. The Morgan fingerprint density at radius 1 is 1.25 bits per heavy atom. The zero-order valence-corrected chi connectivity index (χ0v) is 17.7. The monoisotopic (exact) mass is 438 g/mol. The Bertz CT molecular complexity index is 1040. The number of ether oxygens (including phenoxy) is 1. The average Bonchev–Trinajstić information content (AvgIpc) is 3.27. The van der Waals surface area contributed by atoms with E-state index < -0.39 is 11.9 Å². The van der Waals surface area contributed by atoms with Gasteiger partial charge in [-0.25, -0.2) is 0 Å². The lowest BCUT2D eigenvalue weighted by Crippen LogP contribution is -2.52. The molecule has 1 aromatic carbocycles. The van der Waals surface area contributed by atoms with E-state index in [0.717, 1.165) is 29.9 Å². The van der Waals surface area contributed by atoms with E-state index in [9.17, 15) is 14.4 Å². The topological polar surface area (TPSA) is 118 Å². The highest BCUT2D eigenvalue weighted by atomic mass is 16.5. The van der Waals surface area contributed by atoms with Gasteiger partial charge in [0, 0.05) is 44.4 Å². The van der Waals surface area contributed by atoms with Crippen LogP contribution in [-0.4, -0.2) is 64.7 Å². The maximum absolute atomic E-state index is 13.0. The predicted molar refractivity (Wildman–Crippen MR) is 115 cm³/mol. The highest BCUT2D eigenvalue weighted by Gasteiger charge is 2.39. The van der Waals surface area contributed by atoms with Crippen molar-refractivity contribution < 1.29 is 19.1 Å². The van der Waals surface area contributed by atoms with Gasteiger partial charge in [0.25, 0.3) is 5.91 Å². The number of imide groups is 1. The van der Waals surface area contributed by atoms with E-state index in [2.05, 4.69) is 21.0 Å². The molecule has 10 nitrogen and oxygen atoms in total. The van der Waals surface area contributed by atoms with Crippen LogP contribution in [0.2, 0.25) is 0 Å². The maximum Gasteiger partial charge on any atom is 0.255 e. The number of piperidine rings is 1. The Morgan fingerprint density at radius 2 is 2.16 bits per heavy atom. The minimum absolute atomic E-state index is 0.156. The zero-order valence-electron chi connectivity index (χ0n) is 17.7. The molecule has 3 amide bonds. The largest absolute Gasteiger partial charge is 0.378 e. The first-order valence-electron chi connectivity index (χ1n) is 10.9. The minimum Gasteiger partial charge on any atom is -0.378 e. The van der Waals surface area contributed by atoms with Gasteiger partial charge in [-0.3, -0.25) is 24.4 Å². The van der Waals surface area contributed by atoms with Crippen LogP contribution in [0.3, 0.4) is 0 Å². The van der Waals surface area contributed by atoms with Crippen LogP contribution < -0.4 is 16.0 Å². The van der Waals surface area contributed by atoms with Crippen LogP contribution in [0.5, 0.6) is 0 Å². The van der Waals surface area contributed by atoms with Gasteiger partial charge in [0.05, 0.1) is 31.1 Å². The molecule has 2 atom stereocenters. The average molecular weight is 438 g/mol. The number of carbonyl (C=O) groups excluding carboxylic acids is 3. The van der Waals surface area contributed by atoms with Crippen LogP contribution >= 0.6 is 0 Å². The normalized spacial score (nSPS) is 23.6. The van der Waals surface area contributed by atoms with Gasteiger partial charge in [-0.05, 0) is 23.6 Å². The van der Waals surface area contributed by atoms with Crippen molar-refractivity contribution in [1.82, 2.24) is 25.3 Å². The predicted octanol–water partition coefficient (Wildman–Crippen LogP) is 0.417. The number of fused-ring (bicyclic) bond motifs is 1. The molecule has 32 heavy (non-hydrogen) atoms. The van der Waals surface area contributed by atoms with E-state index in [0.29, 0.717) is 38.3 Å². The lowest BCUT2D eigenvalue weighted by atomic mass is 10.0. The SMILES string of the molecule is O=C1CCC(N2Cc3ccc(CNc4cnn(C5CNCCOC5)c4)cc3C2=O)C(=O)N1. The molecule has 2 fully saturated rings. The van der Waals surface area contributed by atoms with E-state index in [4.69, 9.17) is 4.74 Å². The van der Waals surface area contributed by atoms with Crippen LogP contribution in [0, 0.1) is 0 Å². The Hall–Kier alpha value is -3.24. The van der Waals surface area contributed by atoms with Crippen molar-refractivity contribution in [2.75, 3.05) is 31.6 Å². The van der Waals surface area contributed by atoms with Crippen molar-refractivity contribution in [3.63, 3.8) is 0 Å². The number of anilines is 1. The van der Waals surface area contributed by atoms with Crippen LogP contribution in [0.1, 0.15) is 40.4 Å². The number of aromatic nitrogens is 2. The molecular weight excluding hydrogens is 412 g/mol. The number of rotatable bonds is 5. The van der Waals surface area contributed by atoms with Gasteiger partial charge in [0.2, 0.25) is 11.8 Å². The van der Waals surface area contributed by atoms with Crippen molar-refractivity contribution >= 4 is 23.4 Å². The van der Waals surface area contributed by atoms with E-state index in [1.807, 2.05) is 29.1 Å².